The van der Waals surface area contributed by atoms with Gasteiger partial charge in [0, 0.05) is 0 Å². The van der Waals surface area contributed by atoms with E-state index in [1.807, 2.05) is 13.8 Å². The second kappa shape index (κ2) is 6.22. The zero-order valence-electron chi connectivity index (χ0n) is 10.7. The molecule has 6 heteroatoms. The maximum absolute atomic E-state index is 12.3. The number of hydrogen-bond acceptors (Lipinski definition) is 2. The first-order chi connectivity index (χ1) is 8.16. The molecular formula is C12H17F3O2S. The molecule has 1 aromatic carbocycles. The molecule has 0 radical (unpaired) electrons. The summed E-state index contributed by atoms with van der Waals surface area (Å²) in [4.78, 5) is -0.703. The van der Waals surface area contributed by atoms with Gasteiger partial charge in [0.25, 0.3) is 9.84 Å². The highest BCUT2D eigenvalue weighted by molar-refractivity contribution is 7.92. The third-order valence-corrected chi connectivity index (χ3v) is 3.62. The average molecular weight is 282 g/mol. The van der Waals surface area contributed by atoms with E-state index in [2.05, 4.69) is 0 Å². The largest absolute Gasteiger partial charge is 0.501 e. The monoisotopic (exact) mass is 282 g/mol. The summed E-state index contributed by atoms with van der Waals surface area (Å²) in [5.41, 5.74) is -4.69. The fourth-order valence-electron chi connectivity index (χ4n) is 1.17. The van der Waals surface area contributed by atoms with Crippen molar-refractivity contribution in [2.24, 2.45) is 0 Å². The number of hydrogen-bond donors (Lipinski definition) is 0. The standard InChI is InChI=1S/C10H11F3O2S.C2H6/c1-7(2)8-4-3-5-9(6-8)16(14,15)10(11,12)13;1-2/h3-7H,1-2H3;1-2H3. The Labute approximate surface area is 106 Å². The van der Waals surface area contributed by atoms with Crippen LogP contribution in [0.25, 0.3) is 0 Å². The van der Waals surface area contributed by atoms with Crippen LogP contribution in [0.15, 0.2) is 29.2 Å². The van der Waals surface area contributed by atoms with E-state index < -0.39 is 20.2 Å². The van der Waals surface area contributed by atoms with Crippen LogP contribution in [0, 0.1) is 0 Å². The molecular weight excluding hydrogens is 265 g/mol. The maximum Gasteiger partial charge on any atom is 0.501 e. The first-order valence-corrected chi connectivity index (χ1v) is 7.06. The number of alkyl halides is 3. The molecule has 0 saturated carbocycles. The van der Waals surface area contributed by atoms with Gasteiger partial charge in [0.2, 0.25) is 0 Å². The molecule has 0 bridgehead atoms. The van der Waals surface area contributed by atoms with E-state index in [0.717, 1.165) is 12.1 Å². The Morgan fingerprint density at radius 3 is 2.00 bits per heavy atom. The van der Waals surface area contributed by atoms with Crippen LogP contribution in [0.2, 0.25) is 0 Å². The van der Waals surface area contributed by atoms with Gasteiger partial charge in [-0.25, -0.2) is 8.42 Å². The van der Waals surface area contributed by atoms with Crippen molar-refractivity contribution in [3.8, 4) is 0 Å². The van der Waals surface area contributed by atoms with Gasteiger partial charge in [0.15, 0.2) is 0 Å². The summed E-state index contributed by atoms with van der Waals surface area (Å²) in [6.07, 6.45) is 0. The summed E-state index contributed by atoms with van der Waals surface area (Å²) in [5, 5.41) is 0. The molecule has 18 heavy (non-hydrogen) atoms. The van der Waals surface area contributed by atoms with Crippen LogP contribution in [-0.2, 0) is 9.84 Å². The maximum atomic E-state index is 12.3. The highest BCUT2D eigenvalue weighted by Crippen LogP contribution is 2.31. The Bertz CT molecular complexity index is 476. The second-order valence-corrected chi connectivity index (χ2v) is 5.62. The van der Waals surface area contributed by atoms with Gasteiger partial charge in [-0.05, 0) is 23.6 Å². The van der Waals surface area contributed by atoms with Crippen molar-refractivity contribution < 1.29 is 21.6 Å². The summed E-state index contributed by atoms with van der Waals surface area (Å²) < 4.78 is 59.0. The summed E-state index contributed by atoms with van der Waals surface area (Å²) in [6, 6.07) is 4.93. The van der Waals surface area contributed by atoms with Crippen LogP contribution in [0.1, 0.15) is 39.2 Å². The summed E-state index contributed by atoms with van der Waals surface area (Å²) >= 11 is 0. The van der Waals surface area contributed by atoms with E-state index in [0.29, 0.717) is 5.56 Å². The van der Waals surface area contributed by atoms with E-state index >= 15 is 0 Å². The van der Waals surface area contributed by atoms with Crippen LogP contribution in [0.3, 0.4) is 0 Å². The molecule has 0 atom stereocenters. The van der Waals surface area contributed by atoms with Crippen LogP contribution < -0.4 is 0 Å². The van der Waals surface area contributed by atoms with Gasteiger partial charge in [-0.2, -0.15) is 13.2 Å². The van der Waals surface area contributed by atoms with E-state index in [1.54, 1.807) is 19.9 Å². The van der Waals surface area contributed by atoms with Crippen molar-refractivity contribution in [2.45, 2.75) is 44.0 Å². The van der Waals surface area contributed by atoms with Crippen molar-refractivity contribution in [1.29, 1.82) is 0 Å². The fourth-order valence-corrected chi connectivity index (χ4v) is 1.99. The van der Waals surface area contributed by atoms with Crippen LogP contribution in [0.4, 0.5) is 13.2 Å². The topological polar surface area (TPSA) is 34.1 Å². The Hall–Kier alpha value is -1.04. The van der Waals surface area contributed by atoms with Gasteiger partial charge in [-0.15, -0.1) is 0 Å². The van der Waals surface area contributed by atoms with Crippen molar-refractivity contribution in [1.82, 2.24) is 0 Å². The summed E-state index contributed by atoms with van der Waals surface area (Å²) in [5.74, 6) is -0.0246. The third-order valence-electron chi connectivity index (χ3n) is 2.14. The minimum absolute atomic E-state index is 0.0246. The highest BCUT2D eigenvalue weighted by Gasteiger charge is 2.46. The lowest BCUT2D eigenvalue weighted by molar-refractivity contribution is -0.0436. The minimum Gasteiger partial charge on any atom is -0.214 e. The number of rotatable bonds is 2. The Morgan fingerprint density at radius 1 is 1.11 bits per heavy atom. The molecule has 2 nitrogen and oxygen atoms in total. The van der Waals surface area contributed by atoms with Crippen molar-refractivity contribution >= 4 is 9.84 Å². The van der Waals surface area contributed by atoms with Crippen LogP contribution >= 0.6 is 0 Å². The Morgan fingerprint density at radius 2 is 1.61 bits per heavy atom. The number of benzene rings is 1. The van der Waals surface area contributed by atoms with Gasteiger partial charge in [0.05, 0.1) is 4.90 Å². The lowest BCUT2D eigenvalue weighted by atomic mass is 10.0. The molecule has 0 spiro atoms. The summed E-state index contributed by atoms with van der Waals surface area (Å²) in [7, 11) is -5.23. The number of sulfone groups is 1. The molecule has 0 amide bonds. The van der Waals surface area contributed by atoms with E-state index in [-0.39, 0.29) is 5.92 Å². The molecule has 0 unspecified atom stereocenters. The second-order valence-electron chi connectivity index (χ2n) is 3.68. The highest BCUT2D eigenvalue weighted by atomic mass is 32.2. The quantitative estimate of drug-likeness (QED) is 0.817. The van der Waals surface area contributed by atoms with E-state index in [4.69, 9.17) is 0 Å². The smallest absolute Gasteiger partial charge is 0.214 e. The average Bonchev–Trinajstić information content (AvgIpc) is 2.30. The van der Waals surface area contributed by atoms with E-state index in [9.17, 15) is 21.6 Å². The van der Waals surface area contributed by atoms with Crippen molar-refractivity contribution in [3.05, 3.63) is 29.8 Å². The molecule has 1 aromatic rings. The van der Waals surface area contributed by atoms with Gasteiger partial charge in [-0.3, -0.25) is 0 Å². The lowest BCUT2D eigenvalue weighted by Crippen LogP contribution is -2.23. The molecule has 0 heterocycles. The normalized spacial score (nSPS) is 12.0. The SMILES string of the molecule is CC.CC(C)c1cccc(S(=O)(=O)C(F)(F)F)c1. The zero-order valence-corrected chi connectivity index (χ0v) is 11.6. The Kier molecular flexibility index (Phi) is 5.86. The first-order valence-electron chi connectivity index (χ1n) is 5.57. The predicted octanol–water partition coefficient (Wildman–Crippen LogP) is 4.13. The molecule has 104 valence electrons. The van der Waals surface area contributed by atoms with Crippen LogP contribution in [0.5, 0.6) is 0 Å². The van der Waals surface area contributed by atoms with Gasteiger partial charge in [0.1, 0.15) is 0 Å². The van der Waals surface area contributed by atoms with Gasteiger partial charge >= 0.3 is 5.51 Å². The lowest BCUT2D eigenvalue weighted by Gasteiger charge is -2.10. The molecule has 0 saturated heterocycles. The van der Waals surface area contributed by atoms with Crippen LogP contribution in [-0.4, -0.2) is 13.9 Å². The fraction of sp³-hybridized carbons (Fsp3) is 0.500. The molecule has 0 fully saturated rings. The molecule has 0 aromatic heterocycles. The van der Waals surface area contributed by atoms with Gasteiger partial charge < -0.3 is 0 Å². The third kappa shape index (κ3) is 3.73. The Balaban J connectivity index is 0.00000137. The minimum atomic E-state index is -5.25. The van der Waals surface area contributed by atoms with E-state index in [1.165, 1.54) is 6.07 Å². The zero-order chi connectivity index (χ0) is 14.6. The van der Waals surface area contributed by atoms with Gasteiger partial charge in [-0.1, -0.05) is 39.8 Å². The number of halogens is 3. The summed E-state index contributed by atoms with van der Waals surface area (Å²) in [6.45, 7) is 7.55. The first kappa shape index (κ1) is 17.0. The van der Waals surface area contributed by atoms with Crippen molar-refractivity contribution in [3.63, 3.8) is 0 Å². The molecule has 0 N–H and O–H groups in total. The predicted molar refractivity (Wildman–Crippen MR) is 65.1 cm³/mol. The molecule has 0 aliphatic heterocycles. The molecule has 0 aliphatic rings. The molecule has 0 aliphatic carbocycles. The van der Waals surface area contributed by atoms with Crippen molar-refractivity contribution in [2.75, 3.05) is 0 Å². The molecule has 1 rings (SSSR count).